The lowest BCUT2D eigenvalue weighted by atomic mass is 10.3. The maximum atomic E-state index is 12.1. The Kier molecular flexibility index (Phi) is 5.16. The third-order valence-electron chi connectivity index (χ3n) is 2.61. The molecule has 0 radical (unpaired) electrons. The van der Waals surface area contributed by atoms with E-state index in [2.05, 4.69) is 26.0 Å². The number of carbonyl (C=O) groups is 1. The summed E-state index contributed by atoms with van der Waals surface area (Å²) in [5, 5.41) is 2.59. The van der Waals surface area contributed by atoms with Crippen LogP contribution in [0.15, 0.2) is 56.6 Å². The minimum atomic E-state index is -3.61. The summed E-state index contributed by atoms with van der Waals surface area (Å²) < 4.78 is 31.8. The maximum Gasteiger partial charge on any atom is 0.254 e. The molecule has 0 fully saturated rings. The Morgan fingerprint density at radius 1 is 1.19 bits per heavy atom. The molecule has 8 heteroatoms. The Morgan fingerprint density at radius 3 is 2.62 bits per heavy atom. The van der Waals surface area contributed by atoms with Crippen LogP contribution in [0.2, 0.25) is 0 Å². The van der Waals surface area contributed by atoms with Gasteiger partial charge < -0.3 is 9.73 Å². The van der Waals surface area contributed by atoms with Crippen molar-refractivity contribution in [3.8, 4) is 0 Å². The molecule has 1 aromatic heterocycles. The van der Waals surface area contributed by atoms with Gasteiger partial charge in [-0.2, -0.15) is 0 Å². The Labute approximate surface area is 130 Å². The highest BCUT2D eigenvalue weighted by atomic mass is 79.9. The van der Waals surface area contributed by atoms with E-state index in [0.29, 0.717) is 10.0 Å². The lowest BCUT2D eigenvalue weighted by molar-refractivity contribution is 0.0953. The van der Waals surface area contributed by atoms with E-state index < -0.39 is 10.0 Å². The molecule has 0 saturated heterocycles. The smallest absolute Gasteiger partial charge is 0.254 e. The van der Waals surface area contributed by atoms with Crippen LogP contribution in [0, 0.1) is 0 Å². The van der Waals surface area contributed by atoms with Crippen LogP contribution in [0.1, 0.15) is 10.4 Å². The van der Waals surface area contributed by atoms with Gasteiger partial charge >= 0.3 is 0 Å². The van der Waals surface area contributed by atoms with Crippen LogP contribution in [0.4, 0.5) is 0 Å². The number of furan rings is 1. The summed E-state index contributed by atoms with van der Waals surface area (Å²) in [6.07, 6.45) is 2.71. The lowest BCUT2D eigenvalue weighted by Gasteiger charge is -2.08. The number of carbonyl (C=O) groups excluding carboxylic acids is 1. The second-order valence-corrected chi connectivity index (χ2v) is 6.69. The quantitative estimate of drug-likeness (QED) is 0.756. The molecule has 112 valence electrons. The first-order chi connectivity index (χ1) is 10.0. The summed E-state index contributed by atoms with van der Waals surface area (Å²) in [6, 6.07) is 8.04. The number of hydrogen-bond donors (Lipinski definition) is 2. The van der Waals surface area contributed by atoms with Gasteiger partial charge in [-0.1, -0.05) is 12.1 Å². The monoisotopic (exact) mass is 372 g/mol. The summed E-state index contributed by atoms with van der Waals surface area (Å²) in [6.45, 7) is 0.265. The van der Waals surface area contributed by atoms with Crippen LogP contribution >= 0.6 is 15.9 Å². The first kappa shape index (κ1) is 15.7. The fraction of sp³-hybridized carbons (Fsp3) is 0.154. The summed E-state index contributed by atoms with van der Waals surface area (Å²) in [5.41, 5.74) is 0.392. The van der Waals surface area contributed by atoms with Gasteiger partial charge in [0.2, 0.25) is 10.0 Å². The Bertz CT molecular complexity index is 714. The number of rotatable bonds is 6. The van der Waals surface area contributed by atoms with Crippen molar-refractivity contribution in [2.24, 2.45) is 0 Å². The Hall–Kier alpha value is -1.64. The molecule has 0 saturated carbocycles. The fourth-order valence-corrected chi connectivity index (χ4v) is 3.63. The predicted molar refractivity (Wildman–Crippen MR) is 80.4 cm³/mol. The summed E-state index contributed by atoms with van der Waals surface area (Å²) >= 11 is 3.19. The Balaban J connectivity index is 1.86. The molecule has 21 heavy (non-hydrogen) atoms. The standard InChI is InChI=1S/C13H13BrN2O4S/c14-11-3-1-2-4-12(11)21(18,19)16-7-6-15-13(17)10-5-8-20-9-10/h1-5,8-9,16H,6-7H2,(H,15,17). The highest BCUT2D eigenvalue weighted by Crippen LogP contribution is 2.20. The van der Waals surface area contributed by atoms with Gasteiger partial charge in [-0.3, -0.25) is 4.79 Å². The van der Waals surface area contributed by atoms with Gasteiger partial charge in [-0.15, -0.1) is 0 Å². The molecule has 2 rings (SSSR count). The molecule has 0 unspecified atom stereocenters. The van der Waals surface area contributed by atoms with Crippen molar-refractivity contribution in [2.45, 2.75) is 4.90 Å². The number of halogens is 1. The number of hydrogen-bond acceptors (Lipinski definition) is 4. The SMILES string of the molecule is O=C(NCCNS(=O)(=O)c1ccccc1Br)c1ccoc1. The normalized spacial score (nSPS) is 11.3. The molecule has 2 aromatic rings. The zero-order valence-electron chi connectivity index (χ0n) is 10.9. The molecule has 1 aromatic carbocycles. The van der Waals surface area contributed by atoms with E-state index in [9.17, 15) is 13.2 Å². The van der Waals surface area contributed by atoms with Gasteiger partial charge in [0.05, 0.1) is 16.7 Å². The van der Waals surface area contributed by atoms with Gasteiger partial charge in [-0.25, -0.2) is 13.1 Å². The largest absolute Gasteiger partial charge is 0.472 e. The zero-order chi connectivity index (χ0) is 15.3. The highest BCUT2D eigenvalue weighted by molar-refractivity contribution is 9.10. The molecule has 1 heterocycles. The fourth-order valence-electron chi connectivity index (χ4n) is 1.60. The highest BCUT2D eigenvalue weighted by Gasteiger charge is 2.16. The zero-order valence-corrected chi connectivity index (χ0v) is 13.3. The minimum Gasteiger partial charge on any atom is -0.472 e. The van der Waals surface area contributed by atoms with Crippen molar-refractivity contribution >= 4 is 31.9 Å². The third-order valence-corrected chi connectivity index (χ3v) is 5.09. The Morgan fingerprint density at radius 2 is 1.95 bits per heavy atom. The maximum absolute atomic E-state index is 12.1. The second-order valence-electron chi connectivity index (χ2n) is 4.10. The van der Waals surface area contributed by atoms with Crippen molar-refractivity contribution in [3.05, 3.63) is 52.9 Å². The van der Waals surface area contributed by atoms with Crippen molar-refractivity contribution in [1.29, 1.82) is 0 Å². The van der Waals surface area contributed by atoms with Gasteiger partial charge in [-0.05, 0) is 34.1 Å². The molecular formula is C13H13BrN2O4S. The van der Waals surface area contributed by atoms with Crippen LogP contribution in [-0.4, -0.2) is 27.4 Å². The second kappa shape index (κ2) is 6.88. The van der Waals surface area contributed by atoms with Crippen molar-refractivity contribution < 1.29 is 17.6 Å². The van der Waals surface area contributed by atoms with E-state index in [-0.39, 0.29) is 23.9 Å². The number of sulfonamides is 1. The average Bonchev–Trinajstić information content (AvgIpc) is 2.98. The molecule has 2 N–H and O–H groups in total. The first-order valence-electron chi connectivity index (χ1n) is 6.05. The van der Waals surface area contributed by atoms with E-state index in [1.165, 1.54) is 24.7 Å². The van der Waals surface area contributed by atoms with E-state index in [1.54, 1.807) is 18.2 Å². The van der Waals surface area contributed by atoms with Crippen LogP contribution < -0.4 is 10.0 Å². The van der Waals surface area contributed by atoms with Crippen LogP contribution in [0.5, 0.6) is 0 Å². The molecule has 0 atom stereocenters. The van der Waals surface area contributed by atoms with Crippen molar-refractivity contribution in [3.63, 3.8) is 0 Å². The summed E-state index contributed by atoms with van der Waals surface area (Å²) in [4.78, 5) is 11.8. The van der Waals surface area contributed by atoms with Gasteiger partial charge in [0.1, 0.15) is 6.26 Å². The number of benzene rings is 1. The summed E-state index contributed by atoms with van der Waals surface area (Å²) in [7, 11) is -3.61. The van der Waals surface area contributed by atoms with E-state index in [0.717, 1.165) is 0 Å². The van der Waals surface area contributed by atoms with Gasteiger partial charge in [0.15, 0.2) is 0 Å². The molecule has 0 aliphatic heterocycles. The summed E-state index contributed by atoms with van der Waals surface area (Å²) in [5.74, 6) is -0.316. The van der Waals surface area contributed by atoms with Crippen LogP contribution in [0.3, 0.4) is 0 Å². The van der Waals surface area contributed by atoms with E-state index in [4.69, 9.17) is 4.42 Å². The number of nitrogens with one attached hydrogen (secondary N) is 2. The topological polar surface area (TPSA) is 88.4 Å². The lowest BCUT2D eigenvalue weighted by Crippen LogP contribution is -2.34. The minimum absolute atomic E-state index is 0.0905. The van der Waals surface area contributed by atoms with Crippen molar-refractivity contribution in [1.82, 2.24) is 10.0 Å². The van der Waals surface area contributed by atoms with Crippen LogP contribution in [-0.2, 0) is 10.0 Å². The van der Waals surface area contributed by atoms with Crippen LogP contribution in [0.25, 0.3) is 0 Å². The molecule has 1 amide bonds. The van der Waals surface area contributed by atoms with E-state index in [1.807, 2.05) is 0 Å². The molecular weight excluding hydrogens is 360 g/mol. The first-order valence-corrected chi connectivity index (χ1v) is 8.33. The molecule has 0 aliphatic rings. The third kappa shape index (κ3) is 4.16. The van der Waals surface area contributed by atoms with E-state index >= 15 is 0 Å². The molecule has 0 spiro atoms. The average molecular weight is 373 g/mol. The van der Waals surface area contributed by atoms with Gasteiger partial charge in [0, 0.05) is 17.6 Å². The van der Waals surface area contributed by atoms with Gasteiger partial charge in [0.25, 0.3) is 5.91 Å². The molecule has 0 aliphatic carbocycles. The molecule has 6 nitrogen and oxygen atoms in total. The number of amides is 1. The van der Waals surface area contributed by atoms with Crippen molar-refractivity contribution in [2.75, 3.05) is 13.1 Å². The predicted octanol–water partition coefficient (Wildman–Crippen LogP) is 1.75. The molecule has 0 bridgehead atoms.